The molecule has 1 unspecified atom stereocenters. The summed E-state index contributed by atoms with van der Waals surface area (Å²) in [5.74, 6) is 0.484. The number of hydrogen-bond donors (Lipinski definition) is 2. The first kappa shape index (κ1) is 24.4. The number of nitrogens with zero attached hydrogens (tertiary/aromatic N) is 2. The highest BCUT2D eigenvalue weighted by Crippen LogP contribution is 2.18. The highest BCUT2D eigenvalue weighted by atomic mass is 32.2. The van der Waals surface area contributed by atoms with Gasteiger partial charge in [-0.3, -0.25) is 9.59 Å². The normalized spacial score (nSPS) is 12.6. The van der Waals surface area contributed by atoms with Crippen molar-refractivity contribution in [2.24, 2.45) is 5.92 Å². The van der Waals surface area contributed by atoms with Crippen molar-refractivity contribution >= 4 is 26.8 Å². The third-order valence-electron chi connectivity index (χ3n) is 5.10. The zero-order valence-corrected chi connectivity index (χ0v) is 19.8. The maximum Gasteiger partial charge on any atom is 0.258 e. The quantitative estimate of drug-likeness (QED) is 0.493. The molecule has 9 nitrogen and oxygen atoms in total. The number of hydrogen-bond acceptors (Lipinski definition) is 6. The van der Waals surface area contributed by atoms with Gasteiger partial charge in [0, 0.05) is 7.05 Å². The molecule has 0 bridgehead atoms. The van der Waals surface area contributed by atoms with Gasteiger partial charge in [0.05, 0.1) is 29.5 Å². The van der Waals surface area contributed by atoms with Crippen molar-refractivity contribution in [1.82, 2.24) is 19.6 Å². The fraction of sp³-hybridized carbons (Fsp3) is 0.348. The van der Waals surface area contributed by atoms with Crippen LogP contribution in [-0.2, 0) is 21.4 Å². The van der Waals surface area contributed by atoms with Gasteiger partial charge in [-0.05, 0) is 48.7 Å². The summed E-state index contributed by atoms with van der Waals surface area (Å²) >= 11 is 0. The second kappa shape index (κ2) is 10.1. The molecule has 1 aromatic heterocycles. The lowest BCUT2D eigenvalue weighted by Gasteiger charge is -2.25. The van der Waals surface area contributed by atoms with Gasteiger partial charge in [0.25, 0.3) is 5.56 Å². The minimum absolute atomic E-state index is 0.0256. The predicted molar refractivity (Wildman–Crippen MR) is 125 cm³/mol. The van der Waals surface area contributed by atoms with Crippen LogP contribution in [0.3, 0.4) is 0 Å². The molecule has 0 aliphatic rings. The Morgan fingerprint density at radius 2 is 1.82 bits per heavy atom. The van der Waals surface area contributed by atoms with E-state index in [1.165, 1.54) is 24.1 Å². The number of nitrogens with one attached hydrogen (secondary N) is 2. The summed E-state index contributed by atoms with van der Waals surface area (Å²) < 4.78 is 33.4. The fourth-order valence-corrected chi connectivity index (χ4v) is 4.66. The Balaban J connectivity index is 1.81. The van der Waals surface area contributed by atoms with Crippen LogP contribution in [0.4, 0.5) is 0 Å². The summed E-state index contributed by atoms with van der Waals surface area (Å²) in [5.41, 5.74) is 0.228. The maximum absolute atomic E-state index is 13.2. The van der Waals surface area contributed by atoms with Crippen molar-refractivity contribution < 1.29 is 17.9 Å². The molecule has 0 radical (unpaired) electrons. The van der Waals surface area contributed by atoms with Crippen molar-refractivity contribution in [3.05, 3.63) is 64.7 Å². The Hall–Kier alpha value is -3.24. The number of carbonyl (C=O) groups is 1. The Kier molecular flexibility index (Phi) is 7.50. The van der Waals surface area contributed by atoms with Gasteiger partial charge in [-0.15, -0.1) is 0 Å². The minimum atomic E-state index is -3.94. The van der Waals surface area contributed by atoms with E-state index in [1.807, 2.05) is 13.8 Å². The summed E-state index contributed by atoms with van der Waals surface area (Å²) in [5, 5.41) is 0.458. The summed E-state index contributed by atoms with van der Waals surface area (Å²) in [7, 11) is -0.903. The Labute approximate surface area is 192 Å². The van der Waals surface area contributed by atoms with E-state index in [-0.39, 0.29) is 22.9 Å². The largest absolute Gasteiger partial charge is 0.497 e. The fourth-order valence-electron chi connectivity index (χ4n) is 3.46. The Morgan fingerprint density at radius 3 is 2.45 bits per heavy atom. The van der Waals surface area contributed by atoms with Crippen LogP contribution in [0.5, 0.6) is 5.75 Å². The van der Waals surface area contributed by atoms with Crippen molar-refractivity contribution in [3.63, 3.8) is 0 Å². The molecule has 176 valence electrons. The van der Waals surface area contributed by atoms with Crippen LogP contribution in [0.15, 0.2) is 58.2 Å². The topological polar surface area (TPSA) is 121 Å². The first-order valence-electron chi connectivity index (χ1n) is 10.5. The Morgan fingerprint density at radius 1 is 1.15 bits per heavy atom. The lowest BCUT2D eigenvalue weighted by atomic mass is 10.0. The van der Waals surface area contributed by atoms with Crippen LogP contribution < -0.4 is 15.0 Å². The molecule has 3 aromatic rings. The van der Waals surface area contributed by atoms with E-state index in [0.29, 0.717) is 28.9 Å². The van der Waals surface area contributed by atoms with E-state index in [2.05, 4.69) is 14.7 Å². The Bertz CT molecular complexity index is 1290. The molecule has 0 saturated carbocycles. The number of rotatable bonds is 9. The molecule has 33 heavy (non-hydrogen) atoms. The molecule has 0 aliphatic carbocycles. The number of sulfonamides is 1. The summed E-state index contributed by atoms with van der Waals surface area (Å²) in [6.45, 7) is 3.84. The molecule has 0 saturated heterocycles. The highest BCUT2D eigenvalue weighted by molar-refractivity contribution is 7.89. The third kappa shape index (κ3) is 5.96. The number of benzene rings is 2. The van der Waals surface area contributed by atoms with Gasteiger partial charge in [0.15, 0.2) is 0 Å². The van der Waals surface area contributed by atoms with Gasteiger partial charge in [0.1, 0.15) is 17.6 Å². The van der Waals surface area contributed by atoms with Crippen LogP contribution in [0, 0.1) is 5.92 Å². The second-order valence-electron chi connectivity index (χ2n) is 8.20. The molecule has 2 aromatic carbocycles. The van der Waals surface area contributed by atoms with Gasteiger partial charge in [0.2, 0.25) is 15.9 Å². The smallest absolute Gasteiger partial charge is 0.258 e. The second-order valence-corrected chi connectivity index (χ2v) is 9.92. The monoisotopic (exact) mass is 472 g/mol. The average Bonchev–Trinajstić information content (AvgIpc) is 2.77. The number of amides is 1. The molecular weight excluding hydrogens is 444 g/mol. The van der Waals surface area contributed by atoms with E-state index in [1.54, 1.807) is 43.4 Å². The van der Waals surface area contributed by atoms with Crippen LogP contribution in [0.2, 0.25) is 0 Å². The van der Waals surface area contributed by atoms with Gasteiger partial charge in [-0.25, -0.2) is 13.4 Å². The lowest BCUT2D eigenvalue weighted by Crippen LogP contribution is -2.47. The number of aromatic amines is 1. The van der Waals surface area contributed by atoms with E-state index in [9.17, 15) is 18.0 Å². The number of para-hydroxylation sites is 1. The van der Waals surface area contributed by atoms with Crippen LogP contribution in [0.1, 0.15) is 26.1 Å². The first-order chi connectivity index (χ1) is 15.6. The van der Waals surface area contributed by atoms with Gasteiger partial charge in [-0.2, -0.15) is 4.72 Å². The number of carbonyl (C=O) groups excluding carboxylic acids is 1. The van der Waals surface area contributed by atoms with Crippen LogP contribution in [-0.4, -0.2) is 49.4 Å². The minimum Gasteiger partial charge on any atom is -0.497 e. The van der Waals surface area contributed by atoms with Gasteiger partial charge < -0.3 is 14.6 Å². The molecular formula is C23H28N4O5S. The molecule has 0 spiro atoms. The lowest BCUT2D eigenvalue weighted by molar-refractivity contribution is -0.132. The standard InChI is InChI=1S/C23H28N4O5S/c1-15(2)13-20(26-33(30,31)17-11-9-16(32-4)10-12-17)23(29)27(3)14-21-24-19-8-6-5-7-18(19)22(28)25-21/h5-12,15,20,26H,13-14H2,1-4H3,(H,24,25,28). The van der Waals surface area contributed by atoms with Crippen LogP contribution >= 0.6 is 0 Å². The maximum atomic E-state index is 13.2. The van der Waals surface area contributed by atoms with Gasteiger partial charge in [-0.1, -0.05) is 26.0 Å². The van der Waals surface area contributed by atoms with E-state index >= 15 is 0 Å². The number of H-pyrrole nitrogens is 1. The van der Waals surface area contributed by atoms with Gasteiger partial charge >= 0.3 is 0 Å². The summed E-state index contributed by atoms with van der Waals surface area (Å²) in [4.78, 5) is 34.0. The molecule has 0 fully saturated rings. The van der Waals surface area contributed by atoms with Crippen LogP contribution in [0.25, 0.3) is 10.9 Å². The summed E-state index contributed by atoms with van der Waals surface area (Å²) in [6, 6.07) is 11.9. The zero-order chi connectivity index (χ0) is 24.2. The molecule has 1 heterocycles. The summed E-state index contributed by atoms with van der Waals surface area (Å²) in [6.07, 6.45) is 0.306. The average molecular weight is 473 g/mol. The van der Waals surface area contributed by atoms with Crippen molar-refractivity contribution in [2.45, 2.75) is 37.8 Å². The molecule has 2 N–H and O–H groups in total. The van der Waals surface area contributed by atoms with Crippen molar-refractivity contribution in [1.29, 1.82) is 0 Å². The zero-order valence-electron chi connectivity index (χ0n) is 19.0. The first-order valence-corrected chi connectivity index (χ1v) is 12.0. The molecule has 0 aliphatic heterocycles. The predicted octanol–water partition coefficient (Wildman–Crippen LogP) is 2.28. The van der Waals surface area contributed by atoms with E-state index in [4.69, 9.17) is 4.74 Å². The number of fused-ring (bicyclic) bond motifs is 1. The number of aromatic nitrogens is 2. The molecule has 10 heteroatoms. The van der Waals surface area contributed by atoms with E-state index in [0.717, 1.165) is 0 Å². The number of ether oxygens (including phenoxy) is 1. The molecule has 1 atom stereocenters. The third-order valence-corrected chi connectivity index (χ3v) is 6.59. The van der Waals surface area contributed by atoms with Crippen molar-refractivity contribution in [3.8, 4) is 5.75 Å². The SMILES string of the molecule is COc1ccc(S(=O)(=O)NC(CC(C)C)C(=O)N(C)Cc2nc3ccccc3c(=O)[nH]2)cc1. The molecule has 3 rings (SSSR count). The number of methoxy groups -OCH3 is 1. The van der Waals surface area contributed by atoms with E-state index < -0.39 is 22.0 Å². The highest BCUT2D eigenvalue weighted by Gasteiger charge is 2.29. The number of likely N-dealkylation sites (N-methyl/N-ethyl adjacent to an activating group) is 1. The molecule has 1 amide bonds. The van der Waals surface area contributed by atoms with Crippen molar-refractivity contribution in [2.75, 3.05) is 14.2 Å².